The summed E-state index contributed by atoms with van der Waals surface area (Å²) in [5.74, 6) is 0.0422. The summed E-state index contributed by atoms with van der Waals surface area (Å²) >= 11 is 0. The van der Waals surface area contributed by atoms with Crippen molar-refractivity contribution in [1.29, 1.82) is 0 Å². The first kappa shape index (κ1) is 15.8. The smallest absolute Gasteiger partial charge is 0.255 e. The molecule has 0 radical (unpaired) electrons. The Balaban J connectivity index is 1.73. The van der Waals surface area contributed by atoms with Gasteiger partial charge in [-0.3, -0.25) is 4.79 Å². The monoisotopic (exact) mass is 317 g/mol. The number of carbonyl (C=O) groups is 1. The van der Waals surface area contributed by atoms with Crippen molar-refractivity contribution < 1.29 is 9.90 Å². The maximum Gasteiger partial charge on any atom is 0.255 e. The highest BCUT2D eigenvalue weighted by Gasteiger charge is 2.11. The van der Waals surface area contributed by atoms with Crippen LogP contribution in [0.15, 0.2) is 78.9 Å². The van der Waals surface area contributed by atoms with Crippen molar-refractivity contribution in [2.75, 3.05) is 5.32 Å². The van der Waals surface area contributed by atoms with Gasteiger partial charge in [0.05, 0.1) is 0 Å². The van der Waals surface area contributed by atoms with Crippen LogP contribution in [0.4, 0.5) is 5.69 Å². The van der Waals surface area contributed by atoms with E-state index in [0.717, 1.165) is 18.4 Å². The van der Waals surface area contributed by atoms with E-state index in [1.807, 2.05) is 42.5 Å². The fourth-order valence-electron chi connectivity index (χ4n) is 2.63. The Bertz CT molecular complexity index is 811. The second kappa shape index (κ2) is 7.47. The van der Waals surface area contributed by atoms with Crippen LogP contribution in [0.3, 0.4) is 0 Å². The van der Waals surface area contributed by atoms with Gasteiger partial charge < -0.3 is 10.4 Å². The minimum atomic E-state index is -0.135. The first-order chi connectivity index (χ1) is 11.7. The van der Waals surface area contributed by atoms with Crippen molar-refractivity contribution in [2.45, 2.75) is 12.8 Å². The molecule has 0 aliphatic carbocycles. The van der Waals surface area contributed by atoms with E-state index < -0.39 is 0 Å². The van der Waals surface area contributed by atoms with Crippen LogP contribution in [0, 0.1) is 0 Å². The van der Waals surface area contributed by atoms with Gasteiger partial charge in [0, 0.05) is 11.3 Å². The molecule has 0 heterocycles. The van der Waals surface area contributed by atoms with Crippen LogP contribution in [0.5, 0.6) is 5.75 Å². The Morgan fingerprint density at radius 1 is 0.792 bits per heavy atom. The molecule has 0 unspecified atom stereocenters. The van der Waals surface area contributed by atoms with Crippen molar-refractivity contribution in [3.05, 3.63) is 95.6 Å². The molecule has 0 aliphatic heterocycles. The third-order valence-corrected chi connectivity index (χ3v) is 3.91. The van der Waals surface area contributed by atoms with Crippen LogP contribution in [-0.2, 0) is 12.8 Å². The highest BCUT2D eigenvalue weighted by molar-refractivity contribution is 6.05. The Hall–Kier alpha value is -3.07. The molecule has 0 spiro atoms. The first-order valence-corrected chi connectivity index (χ1v) is 7.94. The summed E-state index contributed by atoms with van der Waals surface area (Å²) in [6, 6.07) is 24.4. The lowest BCUT2D eigenvalue weighted by Crippen LogP contribution is -2.14. The summed E-state index contributed by atoms with van der Waals surface area (Å²) in [5, 5.41) is 12.2. The molecule has 24 heavy (non-hydrogen) atoms. The zero-order valence-electron chi connectivity index (χ0n) is 13.3. The van der Waals surface area contributed by atoms with Gasteiger partial charge >= 0.3 is 0 Å². The molecule has 3 heteroatoms. The van der Waals surface area contributed by atoms with Gasteiger partial charge in [0.2, 0.25) is 0 Å². The van der Waals surface area contributed by atoms with Gasteiger partial charge in [-0.15, -0.1) is 0 Å². The van der Waals surface area contributed by atoms with Crippen LogP contribution in [0.1, 0.15) is 21.5 Å². The number of phenols is 1. The van der Waals surface area contributed by atoms with E-state index in [4.69, 9.17) is 0 Å². The molecule has 0 aromatic heterocycles. The van der Waals surface area contributed by atoms with E-state index >= 15 is 0 Å². The zero-order chi connectivity index (χ0) is 16.8. The van der Waals surface area contributed by atoms with E-state index in [-0.39, 0.29) is 11.7 Å². The van der Waals surface area contributed by atoms with Crippen molar-refractivity contribution >= 4 is 11.6 Å². The Labute approximate surface area is 141 Å². The molecule has 0 bridgehead atoms. The molecule has 0 saturated carbocycles. The summed E-state index contributed by atoms with van der Waals surface area (Å²) in [6.45, 7) is 0. The molecular weight excluding hydrogens is 298 g/mol. The number of hydrogen-bond acceptors (Lipinski definition) is 2. The number of aryl methyl sites for hydroxylation is 2. The first-order valence-electron chi connectivity index (χ1n) is 7.94. The highest BCUT2D eigenvalue weighted by atomic mass is 16.3. The number of amides is 1. The molecule has 3 rings (SSSR count). The van der Waals surface area contributed by atoms with E-state index in [9.17, 15) is 9.90 Å². The molecular formula is C21H19NO2. The minimum absolute atomic E-state index is 0.135. The molecule has 3 aromatic rings. The number of rotatable bonds is 5. The SMILES string of the molecule is O=C(Nc1ccc(O)cc1)c1ccccc1CCc1ccccc1. The predicted octanol–water partition coefficient (Wildman–Crippen LogP) is 4.43. The van der Waals surface area contributed by atoms with Gasteiger partial charge in [-0.25, -0.2) is 0 Å². The second-order valence-corrected chi connectivity index (χ2v) is 5.64. The molecule has 0 aliphatic rings. The number of hydrogen-bond donors (Lipinski definition) is 2. The largest absolute Gasteiger partial charge is 0.508 e. The lowest BCUT2D eigenvalue weighted by molar-refractivity contribution is 0.102. The van der Waals surface area contributed by atoms with Crippen molar-refractivity contribution in [1.82, 2.24) is 0 Å². The Morgan fingerprint density at radius 2 is 1.46 bits per heavy atom. The molecule has 3 nitrogen and oxygen atoms in total. The molecule has 2 N–H and O–H groups in total. The number of nitrogens with one attached hydrogen (secondary N) is 1. The van der Waals surface area contributed by atoms with Crippen molar-refractivity contribution in [2.24, 2.45) is 0 Å². The third kappa shape index (κ3) is 4.02. The Morgan fingerprint density at radius 3 is 2.21 bits per heavy atom. The third-order valence-electron chi connectivity index (χ3n) is 3.91. The van der Waals surface area contributed by atoms with Crippen LogP contribution < -0.4 is 5.32 Å². The summed E-state index contributed by atoms with van der Waals surface area (Å²) < 4.78 is 0. The number of carbonyl (C=O) groups excluding carboxylic acids is 1. The van der Waals surface area contributed by atoms with Crippen molar-refractivity contribution in [3.63, 3.8) is 0 Å². The summed E-state index contributed by atoms with van der Waals surface area (Å²) in [7, 11) is 0. The average molecular weight is 317 g/mol. The Kier molecular flexibility index (Phi) is 4.92. The van der Waals surface area contributed by atoms with Gasteiger partial charge in [-0.1, -0.05) is 48.5 Å². The van der Waals surface area contributed by atoms with E-state index in [1.165, 1.54) is 5.56 Å². The molecule has 3 aromatic carbocycles. The molecule has 0 fully saturated rings. The molecule has 0 saturated heterocycles. The number of benzene rings is 3. The van der Waals surface area contributed by atoms with Gasteiger partial charge in [0.1, 0.15) is 5.75 Å². The van der Waals surface area contributed by atoms with Crippen molar-refractivity contribution in [3.8, 4) is 5.75 Å². The number of anilines is 1. The number of phenolic OH excluding ortho intramolecular Hbond substituents is 1. The fourth-order valence-corrected chi connectivity index (χ4v) is 2.63. The lowest BCUT2D eigenvalue weighted by atomic mass is 9.99. The fraction of sp³-hybridized carbons (Fsp3) is 0.0952. The topological polar surface area (TPSA) is 49.3 Å². The average Bonchev–Trinajstić information content (AvgIpc) is 2.63. The lowest BCUT2D eigenvalue weighted by Gasteiger charge is -2.10. The standard InChI is InChI=1S/C21H19NO2/c23-19-14-12-18(13-15-19)22-21(24)20-9-5-4-8-17(20)11-10-16-6-2-1-3-7-16/h1-9,12-15,23H,10-11H2,(H,22,24). The quantitative estimate of drug-likeness (QED) is 0.684. The highest BCUT2D eigenvalue weighted by Crippen LogP contribution is 2.17. The van der Waals surface area contributed by atoms with Gasteiger partial charge in [0.15, 0.2) is 0 Å². The van der Waals surface area contributed by atoms with Crippen LogP contribution >= 0.6 is 0 Å². The number of aromatic hydroxyl groups is 1. The van der Waals surface area contributed by atoms with Gasteiger partial charge in [0.25, 0.3) is 5.91 Å². The minimum Gasteiger partial charge on any atom is -0.508 e. The molecule has 1 amide bonds. The second-order valence-electron chi connectivity index (χ2n) is 5.64. The summed E-state index contributed by atoms with van der Waals surface area (Å²) in [6.07, 6.45) is 1.70. The summed E-state index contributed by atoms with van der Waals surface area (Å²) in [4.78, 5) is 12.6. The maximum atomic E-state index is 12.6. The van der Waals surface area contributed by atoms with Crippen LogP contribution in [0.25, 0.3) is 0 Å². The molecule has 120 valence electrons. The summed E-state index contributed by atoms with van der Waals surface area (Å²) in [5.41, 5.74) is 3.63. The van der Waals surface area contributed by atoms with E-state index in [1.54, 1.807) is 24.3 Å². The van der Waals surface area contributed by atoms with E-state index in [2.05, 4.69) is 17.4 Å². The van der Waals surface area contributed by atoms with Gasteiger partial charge in [-0.05, 0) is 54.3 Å². The van der Waals surface area contributed by atoms with Crippen LogP contribution in [-0.4, -0.2) is 11.0 Å². The molecule has 0 atom stereocenters. The normalized spacial score (nSPS) is 10.3. The van der Waals surface area contributed by atoms with Gasteiger partial charge in [-0.2, -0.15) is 0 Å². The predicted molar refractivity (Wildman–Crippen MR) is 96.4 cm³/mol. The zero-order valence-corrected chi connectivity index (χ0v) is 13.3. The van der Waals surface area contributed by atoms with E-state index in [0.29, 0.717) is 11.3 Å². The van der Waals surface area contributed by atoms with Crippen LogP contribution in [0.2, 0.25) is 0 Å². The maximum absolute atomic E-state index is 12.6.